The fraction of sp³-hybridized carbons (Fsp3) is 0.429. The zero-order chi connectivity index (χ0) is 38.5. The Bertz CT molecular complexity index is 1600. The lowest BCUT2D eigenvalue weighted by molar-refractivity contribution is -0.138. The van der Waals surface area contributed by atoms with Gasteiger partial charge in [0.1, 0.15) is 0 Å². The molecule has 0 amide bonds. The van der Waals surface area contributed by atoms with Gasteiger partial charge in [0.25, 0.3) is 0 Å². The van der Waals surface area contributed by atoms with E-state index in [9.17, 15) is 26.3 Å². The second kappa shape index (κ2) is 16.9. The van der Waals surface area contributed by atoms with E-state index in [0.717, 1.165) is 23.3 Å². The monoisotopic (exact) mass is 756 g/mol. The number of benzene rings is 4. The molecule has 52 heavy (non-hydrogen) atoms. The van der Waals surface area contributed by atoms with E-state index < -0.39 is 39.6 Å². The van der Waals surface area contributed by atoms with Gasteiger partial charge in [0.15, 0.2) is 0 Å². The summed E-state index contributed by atoms with van der Waals surface area (Å²) in [4.78, 5) is 0. The van der Waals surface area contributed by atoms with Gasteiger partial charge in [-0.3, -0.25) is 0 Å². The van der Waals surface area contributed by atoms with E-state index in [1.54, 1.807) is 12.1 Å². The van der Waals surface area contributed by atoms with E-state index in [1.807, 2.05) is 0 Å². The third-order valence-electron chi connectivity index (χ3n) is 11.2. The van der Waals surface area contributed by atoms with Gasteiger partial charge in [-0.2, -0.15) is 26.3 Å². The second-order valence-corrected chi connectivity index (χ2v) is 26.2. The summed E-state index contributed by atoms with van der Waals surface area (Å²) in [5.74, 6) is 0. The van der Waals surface area contributed by atoms with E-state index in [1.165, 1.54) is 34.6 Å². The molecule has 0 aliphatic carbocycles. The fourth-order valence-electron chi connectivity index (χ4n) is 6.13. The maximum atomic E-state index is 13.6. The average molecular weight is 757 g/mol. The van der Waals surface area contributed by atoms with Crippen LogP contribution in [-0.4, -0.2) is 39.3 Å². The maximum absolute atomic E-state index is 13.6. The van der Waals surface area contributed by atoms with Crippen molar-refractivity contribution in [1.29, 1.82) is 0 Å². The van der Waals surface area contributed by atoms with Crippen molar-refractivity contribution in [3.63, 3.8) is 0 Å². The summed E-state index contributed by atoms with van der Waals surface area (Å²) in [6, 6.07) is 28.3. The van der Waals surface area contributed by atoms with E-state index in [-0.39, 0.29) is 0 Å². The van der Waals surface area contributed by atoms with E-state index in [4.69, 9.17) is 0 Å². The predicted molar refractivity (Wildman–Crippen MR) is 208 cm³/mol. The maximum Gasteiger partial charge on any atom is 0.416 e. The summed E-state index contributed by atoms with van der Waals surface area (Å²) in [5, 5.41) is 7.04. The molecule has 0 unspecified atom stereocenters. The second-order valence-electron chi connectivity index (χ2n) is 15.8. The quantitative estimate of drug-likeness (QED) is 0.0677. The van der Waals surface area contributed by atoms with Crippen LogP contribution < -0.4 is 10.4 Å². The molecule has 0 N–H and O–H groups in total. The summed E-state index contributed by atoms with van der Waals surface area (Å²) < 4.78 is 81.7. The highest BCUT2D eigenvalue weighted by molar-refractivity contribution is 6.91. The molecule has 10 heteroatoms. The SMILES string of the molecule is CC(C)[Si](C)(C)c1ccc(CN(CCc2cccc(C(F)(F)F)c2)N(CCc2cccc(C(F)(F)F)c2)Cc2ccc([Si](C)(C)C(C)C)cc2)cc1. The summed E-state index contributed by atoms with van der Waals surface area (Å²) in [6.45, 7) is 20.3. The van der Waals surface area contributed by atoms with Gasteiger partial charge in [0.05, 0.1) is 27.3 Å². The van der Waals surface area contributed by atoms with Crippen LogP contribution in [0.5, 0.6) is 0 Å². The van der Waals surface area contributed by atoms with Gasteiger partial charge in [-0.1, -0.05) is 149 Å². The number of hydrazine groups is 1. The van der Waals surface area contributed by atoms with Crippen LogP contribution in [0.3, 0.4) is 0 Å². The lowest BCUT2D eigenvalue weighted by atomic mass is 10.1. The number of nitrogens with zero attached hydrogens (tertiary/aromatic N) is 2. The van der Waals surface area contributed by atoms with Crippen LogP contribution in [0.25, 0.3) is 0 Å². The average Bonchev–Trinajstić information content (AvgIpc) is 3.08. The number of alkyl halides is 6. The minimum absolute atomic E-state index is 0.364. The Morgan fingerprint density at radius 3 is 1.10 bits per heavy atom. The third kappa shape index (κ3) is 10.9. The Labute approximate surface area is 308 Å². The molecule has 2 nitrogen and oxygen atoms in total. The standard InChI is InChI=1S/C42H54F6N2Si2/c1-31(2)51(5,6)39-19-15-35(16-20-39)29-49(25-23-33-11-9-13-37(27-33)41(43,44)45)50(26-24-34-12-10-14-38(28-34)42(46,47)48)30-36-17-21-40(22-18-36)52(7,8)32(3)4/h9-22,27-28,31-32H,23-26,29-30H2,1-8H3. The molecule has 0 bridgehead atoms. The van der Waals surface area contributed by atoms with Crippen molar-refractivity contribution in [2.45, 2.75) is 103 Å². The van der Waals surface area contributed by atoms with Crippen LogP contribution in [0, 0.1) is 0 Å². The smallest absolute Gasteiger partial charge is 0.237 e. The zero-order valence-electron chi connectivity index (χ0n) is 31.8. The first-order valence-corrected chi connectivity index (χ1v) is 24.3. The zero-order valence-corrected chi connectivity index (χ0v) is 33.8. The van der Waals surface area contributed by atoms with Gasteiger partial charge in [-0.15, -0.1) is 0 Å². The highest BCUT2D eigenvalue weighted by Crippen LogP contribution is 2.31. The van der Waals surface area contributed by atoms with Crippen LogP contribution >= 0.6 is 0 Å². The Kier molecular flexibility index (Phi) is 13.5. The molecule has 4 aromatic rings. The molecule has 0 aliphatic rings. The third-order valence-corrected chi connectivity index (χ3v) is 20.7. The molecule has 0 saturated carbocycles. The highest BCUT2D eigenvalue weighted by atomic mass is 28.3. The molecule has 0 saturated heterocycles. The summed E-state index contributed by atoms with van der Waals surface area (Å²) in [7, 11) is -3.32. The first-order valence-electron chi connectivity index (χ1n) is 18.2. The van der Waals surface area contributed by atoms with Crippen LogP contribution in [0.1, 0.15) is 61.1 Å². The minimum Gasteiger partial charge on any atom is -0.237 e. The Balaban J connectivity index is 1.71. The van der Waals surface area contributed by atoms with Gasteiger partial charge in [0, 0.05) is 26.2 Å². The van der Waals surface area contributed by atoms with Crippen LogP contribution in [0.4, 0.5) is 26.3 Å². The Hall–Kier alpha value is -3.19. The number of hydrogen-bond acceptors (Lipinski definition) is 2. The highest BCUT2D eigenvalue weighted by Gasteiger charge is 2.32. The van der Waals surface area contributed by atoms with Crippen molar-refractivity contribution in [2.24, 2.45) is 0 Å². The lowest BCUT2D eigenvalue weighted by Gasteiger charge is -2.36. The molecule has 282 valence electrons. The van der Waals surface area contributed by atoms with Crippen molar-refractivity contribution in [3.05, 3.63) is 130 Å². The number of halogens is 6. The van der Waals surface area contributed by atoms with Crippen molar-refractivity contribution in [1.82, 2.24) is 10.0 Å². The normalized spacial score (nSPS) is 13.2. The minimum atomic E-state index is -4.44. The molecule has 0 atom stereocenters. The molecule has 4 rings (SSSR count). The van der Waals surface area contributed by atoms with Gasteiger partial charge in [-0.05, 0) is 58.3 Å². The number of hydrogen-bond donors (Lipinski definition) is 0. The summed E-state index contributed by atoms with van der Waals surface area (Å²) >= 11 is 0. The van der Waals surface area contributed by atoms with Crippen LogP contribution in [-0.2, 0) is 38.3 Å². The first kappa shape index (κ1) is 41.6. The van der Waals surface area contributed by atoms with Gasteiger partial charge < -0.3 is 0 Å². The molecule has 0 aromatic heterocycles. The van der Waals surface area contributed by atoms with Gasteiger partial charge in [-0.25, -0.2) is 10.0 Å². The van der Waals surface area contributed by atoms with E-state index in [2.05, 4.69) is 112 Å². The fourth-order valence-corrected chi connectivity index (χ4v) is 9.52. The molecule has 4 aromatic carbocycles. The van der Waals surface area contributed by atoms with Crippen molar-refractivity contribution in [3.8, 4) is 0 Å². The van der Waals surface area contributed by atoms with Crippen molar-refractivity contribution in [2.75, 3.05) is 13.1 Å². The molecule has 0 aliphatic heterocycles. The molecular weight excluding hydrogens is 703 g/mol. The predicted octanol–water partition coefficient (Wildman–Crippen LogP) is 11.1. The topological polar surface area (TPSA) is 6.48 Å². The molecular formula is C42H54F6N2Si2. The van der Waals surface area contributed by atoms with E-state index in [0.29, 0.717) is 61.2 Å². The Morgan fingerprint density at radius 1 is 0.481 bits per heavy atom. The molecule has 0 spiro atoms. The van der Waals surface area contributed by atoms with Crippen molar-refractivity contribution >= 4 is 26.5 Å². The Morgan fingerprint density at radius 2 is 0.808 bits per heavy atom. The van der Waals surface area contributed by atoms with Crippen molar-refractivity contribution < 1.29 is 26.3 Å². The van der Waals surface area contributed by atoms with Gasteiger partial charge in [0.2, 0.25) is 0 Å². The number of rotatable bonds is 15. The molecule has 0 heterocycles. The molecule has 0 fully saturated rings. The first-order chi connectivity index (χ1) is 24.2. The van der Waals surface area contributed by atoms with E-state index >= 15 is 0 Å². The molecule has 0 radical (unpaired) electrons. The van der Waals surface area contributed by atoms with Crippen LogP contribution in [0.2, 0.25) is 37.3 Å². The summed E-state index contributed by atoms with van der Waals surface area (Å²) in [5.41, 5.74) is 3.03. The van der Waals surface area contributed by atoms with Crippen LogP contribution in [0.15, 0.2) is 97.1 Å². The lowest BCUT2D eigenvalue weighted by Crippen LogP contribution is -2.45. The summed E-state index contributed by atoms with van der Waals surface area (Å²) in [6.07, 6.45) is -8.16. The largest absolute Gasteiger partial charge is 0.416 e. The van der Waals surface area contributed by atoms with Gasteiger partial charge >= 0.3 is 12.4 Å².